The lowest BCUT2D eigenvalue weighted by molar-refractivity contribution is -0.121. The van der Waals surface area contributed by atoms with Gasteiger partial charge in [-0.1, -0.05) is 25.1 Å². The van der Waals surface area contributed by atoms with Crippen molar-refractivity contribution in [3.05, 3.63) is 34.8 Å². The van der Waals surface area contributed by atoms with Crippen molar-refractivity contribution in [2.45, 2.75) is 19.8 Å². The first kappa shape index (κ1) is 14.5. The molecule has 0 heterocycles. The Kier molecular flexibility index (Phi) is 4.39. The van der Waals surface area contributed by atoms with Crippen LogP contribution < -0.4 is 4.90 Å². The number of carbonyl (C=O) groups excluding carboxylic acids is 2. The molecule has 0 saturated heterocycles. The highest BCUT2D eigenvalue weighted by Crippen LogP contribution is 2.36. The zero-order valence-electron chi connectivity index (χ0n) is 11.0. The minimum Gasteiger partial charge on any atom is -0.506 e. The number of hydrogen-bond donors (Lipinski definition) is 1. The van der Waals surface area contributed by atoms with Crippen LogP contribution in [0.15, 0.2) is 34.8 Å². The van der Waals surface area contributed by atoms with E-state index in [0.717, 1.165) is 4.90 Å². The van der Waals surface area contributed by atoms with E-state index in [-0.39, 0.29) is 11.7 Å². The number of carbonyl (C=O) groups is 2. The van der Waals surface area contributed by atoms with Crippen LogP contribution in [0.4, 0.5) is 5.69 Å². The van der Waals surface area contributed by atoms with Crippen molar-refractivity contribution < 1.29 is 14.7 Å². The second-order valence-electron chi connectivity index (χ2n) is 4.39. The molecule has 2 amide bonds. The minimum absolute atomic E-state index is 0.0955. The number of halogens is 1. The van der Waals surface area contributed by atoms with E-state index in [1.54, 1.807) is 30.3 Å². The van der Waals surface area contributed by atoms with Gasteiger partial charge in [0.1, 0.15) is 5.75 Å². The van der Waals surface area contributed by atoms with E-state index in [9.17, 15) is 14.7 Å². The van der Waals surface area contributed by atoms with Gasteiger partial charge in [-0.2, -0.15) is 0 Å². The summed E-state index contributed by atoms with van der Waals surface area (Å²) >= 11 is 3.25. The van der Waals surface area contributed by atoms with Gasteiger partial charge in [0, 0.05) is 17.2 Å². The normalized spacial score (nSPS) is 10.5. The molecule has 2 aromatic rings. The summed E-state index contributed by atoms with van der Waals surface area (Å²) in [4.78, 5) is 24.3. The molecule has 0 bridgehead atoms. The first-order valence-corrected chi connectivity index (χ1v) is 7.07. The summed E-state index contributed by atoms with van der Waals surface area (Å²) in [6, 6.07) is 8.60. The summed E-state index contributed by atoms with van der Waals surface area (Å²) in [5.74, 6) is -0.157. The van der Waals surface area contributed by atoms with Gasteiger partial charge in [-0.25, -0.2) is 0 Å². The molecule has 0 aliphatic heterocycles. The number of amides is 2. The number of aromatic hydroxyl groups is 1. The Hall–Kier alpha value is -1.88. The molecule has 0 saturated carbocycles. The van der Waals surface area contributed by atoms with Crippen LogP contribution in [0.3, 0.4) is 0 Å². The van der Waals surface area contributed by atoms with Gasteiger partial charge in [0.2, 0.25) is 12.3 Å². The van der Waals surface area contributed by atoms with Gasteiger partial charge in [-0.05, 0) is 34.5 Å². The predicted molar refractivity (Wildman–Crippen MR) is 81.8 cm³/mol. The van der Waals surface area contributed by atoms with Gasteiger partial charge >= 0.3 is 0 Å². The summed E-state index contributed by atoms with van der Waals surface area (Å²) in [7, 11) is 0. The van der Waals surface area contributed by atoms with Crippen molar-refractivity contribution in [1.82, 2.24) is 0 Å². The smallest absolute Gasteiger partial charge is 0.233 e. The fourth-order valence-electron chi connectivity index (χ4n) is 2.09. The number of nitrogens with zero attached hydrogens (tertiary/aromatic N) is 1. The Morgan fingerprint density at radius 3 is 2.70 bits per heavy atom. The number of rotatable bonds is 4. The van der Waals surface area contributed by atoms with Crippen LogP contribution in [0.5, 0.6) is 5.75 Å². The maximum atomic E-state index is 12.0. The molecule has 1 N–H and O–H groups in total. The standard InChI is InChI=1S/C15H14BrNO3/c1-2-4-14(19)17(9-18)13-6-3-5-11-10(13)7-8-12(16)15(11)20/h3,5-9,20H,2,4H2,1H3. The zero-order valence-corrected chi connectivity index (χ0v) is 12.6. The summed E-state index contributed by atoms with van der Waals surface area (Å²) in [6.45, 7) is 1.88. The van der Waals surface area contributed by atoms with E-state index in [4.69, 9.17) is 0 Å². The molecule has 0 aromatic heterocycles. The highest BCUT2D eigenvalue weighted by atomic mass is 79.9. The highest BCUT2D eigenvalue weighted by molar-refractivity contribution is 9.10. The Labute approximate surface area is 125 Å². The van der Waals surface area contributed by atoms with Crippen molar-refractivity contribution >= 4 is 44.7 Å². The number of phenols is 1. The fourth-order valence-corrected chi connectivity index (χ4v) is 2.44. The number of benzene rings is 2. The largest absolute Gasteiger partial charge is 0.506 e. The average molecular weight is 336 g/mol. The number of hydrogen-bond acceptors (Lipinski definition) is 3. The van der Waals surface area contributed by atoms with Gasteiger partial charge in [0.25, 0.3) is 0 Å². The molecule has 0 spiro atoms. The Bertz CT molecular complexity index is 669. The van der Waals surface area contributed by atoms with E-state index < -0.39 is 0 Å². The monoisotopic (exact) mass is 335 g/mol. The number of phenolic OH excluding ortho intramolecular Hbond substituents is 1. The van der Waals surface area contributed by atoms with E-state index in [2.05, 4.69) is 15.9 Å². The maximum absolute atomic E-state index is 12.0. The lowest BCUT2D eigenvalue weighted by atomic mass is 10.1. The quantitative estimate of drug-likeness (QED) is 0.868. The number of anilines is 1. The minimum atomic E-state index is -0.252. The van der Waals surface area contributed by atoms with E-state index in [1.165, 1.54) is 0 Å². The Balaban J connectivity index is 2.62. The van der Waals surface area contributed by atoms with E-state index in [0.29, 0.717) is 40.2 Å². The van der Waals surface area contributed by atoms with Crippen LogP contribution in [-0.2, 0) is 9.59 Å². The summed E-state index contributed by atoms with van der Waals surface area (Å²) in [5, 5.41) is 11.3. The van der Waals surface area contributed by atoms with Gasteiger partial charge in [-0.3, -0.25) is 14.5 Å². The van der Waals surface area contributed by atoms with Crippen LogP contribution in [0, 0.1) is 0 Å². The van der Waals surface area contributed by atoms with Crippen LogP contribution in [0.1, 0.15) is 19.8 Å². The van der Waals surface area contributed by atoms with Crippen molar-refractivity contribution in [2.24, 2.45) is 0 Å². The van der Waals surface area contributed by atoms with E-state index >= 15 is 0 Å². The third-order valence-electron chi connectivity index (χ3n) is 3.06. The van der Waals surface area contributed by atoms with Crippen molar-refractivity contribution in [2.75, 3.05) is 4.90 Å². The lowest BCUT2D eigenvalue weighted by Crippen LogP contribution is -2.29. The van der Waals surface area contributed by atoms with Gasteiger partial charge in [0.15, 0.2) is 0 Å². The molecule has 5 heteroatoms. The van der Waals surface area contributed by atoms with Crippen LogP contribution in [0.25, 0.3) is 10.8 Å². The predicted octanol–water partition coefficient (Wildman–Crippen LogP) is 3.60. The SMILES string of the molecule is CCCC(=O)N(C=O)c1cccc2c(O)c(Br)ccc12. The molecular formula is C15H14BrNO3. The molecule has 4 nitrogen and oxygen atoms in total. The van der Waals surface area contributed by atoms with Crippen LogP contribution in [0.2, 0.25) is 0 Å². The average Bonchev–Trinajstić information content (AvgIpc) is 2.44. The molecule has 2 rings (SSSR count). The molecule has 20 heavy (non-hydrogen) atoms. The van der Waals surface area contributed by atoms with Crippen molar-refractivity contribution in [3.63, 3.8) is 0 Å². The summed E-state index contributed by atoms with van der Waals surface area (Å²) in [6.07, 6.45) is 1.49. The molecule has 2 aromatic carbocycles. The Morgan fingerprint density at radius 1 is 1.30 bits per heavy atom. The number of fused-ring (bicyclic) bond motifs is 1. The topological polar surface area (TPSA) is 57.6 Å². The molecule has 0 atom stereocenters. The molecule has 0 aliphatic carbocycles. The molecular weight excluding hydrogens is 322 g/mol. The van der Waals surface area contributed by atoms with Crippen molar-refractivity contribution in [3.8, 4) is 5.75 Å². The van der Waals surface area contributed by atoms with Crippen LogP contribution in [-0.4, -0.2) is 17.4 Å². The molecule has 104 valence electrons. The Morgan fingerprint density at radius 2 is 2.05 bits per heavy atom. The molecule has 0 radical (unpaired) electrons. The second-order valence-corrected chi connectivity index (χ2v) is 5.24. The van der Waals surface area contributed by atoms with Crippen molar-refractivity contribution in [1.29, 1.82) is 0 Å². The summed E-state index contributed by atoms with van der Waals surface area (Å²) in [5.41, 5.74) is 0.485. The maximum Gasteiger partial charge on any atom is 0.233 e. The summed E-state index contributed by atoms with van der Waals surface area (Å²) < 4.78 is 0.569. The molecule has 0 fully saturated rings. The first-order valence-electron chi connectivity index (χ1n) is 6.27. The molecule has 0 unspecified atom stereocenters. The van der Waals surface area contributed by atoms with Gasteiger partial charge in [-0.15, -0.1) is 0 Å². The van der Waals surface area contributed by atoms with E-state index in [1.807, 2.05) is 6.92 Å². The van der Waals surface area contributed by atoms with Crippen LogP contribution >= 0.6 is 15.9 Å². The molecule has 0 aliphatic rings. The second kappa shape index (κ2) is 6.05. The first-order chi connectivity index (χ1) is 9.60. The zero-order chi connectivity index (χ0) is 14.7. The third-order valence-corrected chi connectivity index (χ3v) is 3.70. The lowest BCUT2D eigenvalue weighted by Gasteiger charge is -2.18. The highest BCUT2D eigenvalue weighted by Gasteiger charge is 2.17. The van der Waals surface area contributed by atoms with Gasteiger partial charge < -0.3 is 5.11 Å². The van der Waals surface area contributed by atoms with Gasteiger partial charge in [0.05, 0.1) is 10.2 Å². The third kappa shape index (κ3) is 2.54. The number of imide groups is 1. The fraction of sp³-hybridized carbons (Fsp3) is 0.200.